The highest BCUT2D eigenvalue weighted by Crippen LogP contribution is 2.34. The number of carbonyl (C=O) groups excluding carboxylic acids is 2. The number of anilines is 2. The van der Waals surface area contributed by atoms with Crippen molar-refractivity contribution in [1.82, 2.24) is 9.97 Å². The van der Waals surface area contributed by atoms with Crippen molar-refractivity contribution in [2.45, 2.75) is 0 Å². The van der Waals surface area contributed by atoms with E-state index in [0.717, 1.165) is 0 Å². The van der Waals surface area contributed by atoms with Gasteiger partial charge in [-0.3, -0.25) is 19.7 Å². The number of halogens is 4. The highest BCUT2D eigenvalue weighted by atomic mass is 35.5. The molecule has 2 amide bonds. The molecule has 0 unspecified atom stereocenters. The Morgan fingerprint density at radius 2 is 1.06 bits per heavy atom. The third-order valence-electron chi connectivity index (χ3n) is 8.05. The molecule has 51 heavy (non-hydrogen) atoms. The largest absolute Gasteiger partial charge is 0.322 e. The first-order valence-electron chi connectivity index (χ1n) is 15.2. The summed E-state index contributed by atoms with van der Waals surface area (Å²) in [6.07, 6.45) is 0. The van der Waals surface area contributed by atoms with Crippen LogP contribution in [0.1, 0.15) is 20.7 Å². The number of carbonyl (C=O) groups is 2. The number of nitrogens with one attached hydrogen (secondary N) is 2. The predicted octanol–water partition coefficient (Wildman–Crippen LogP) is 11.1. The molecule has 0 saturated heterocycles. The highest BCUT2D eigenvalue weighted by molar-refractivity contribution is 6.42. The Labute approximate surface area is 309 Å². The van der Waals surface area contributed by atoms with E-state index in [1.165, 1.54) is 18.2 Å². The lowest BCUT2D eigenvalue weighted by atomic mass is 10.0. The lowest BCUT2D eigenvalue weighted by Crippen LogP contribution is -2.16. The van der Waals surface area contributed by atoms with Gasteiger partial charge in [0, 0.05) is 33.7 Å². The van der Waals surface area contributed by atoms with Crippen molar-refractivity contribution in [2.75, 3.05) is 10.6 Å². The summed E-state index contributed by atoms with van der Waals surface area (Å²) in [6.45, 7) is 0. The first-order valence-corrected chi connectivity index (χ1v) is 16.7. The quantitative estimate of drug-likeness (QED) is 0.123. The van der Waals surface area contributed by atoms with E-state index in [9.17, 15) is 19.7 Å². The van der Waals surface area contributed by atoms with E-state index in [-0.39, 0.29) is 22.6 Å². The molecule has 0 fully saturated rings. The molecule has 0 aliphatic heterocycles. The van der Waals surface area contributed by atoms with Gasteiger partial charge in [-0.25, -0.2) is 9.97 Å². The maximum atomic E-state index is 13.9. The molecule has 0 aliphatic rings. The molecule has 0 bridgehead atoms. The molecule has 0 aliphatic carbocycles. The summed E-state index contributed by atoms with van der Waals surface area (Å²) in [6, 6.07) is 31.3. The van der Waals surface area contributed by atoms with E-state index in [1.54, 1.807) is 97.1 Å². The van der Waals surface area contributed by atoms with Crippen LogP contribution in [0.4, 0.5) is 17.1 Å². The van der Waals surface area contributed by atoms with Gasteiger partial charge in [0.25, 0.3) is 17.5 Å². The average molecular weight is 753 g/mol. The van der Waals surface area contributed by atoms with Crippen LogP contribution in [0.5, 0.6) is 0 Å². The predicted molar refractivity (Wildman–Crippen MR) is 203 cm³/mol. The van der Waals surface area contributed by atoms with Gasteiger partial charge in [0.1, 0.15) is 5.69 Å². The summed E-state index contributed by atoms with van der Waals surface area (Å²) in [5.74, 6) is -1.14. The standard InChI is InChI=1S/C38H21Cl4N5O4/c39-27-12-9-20(15-29(27)41)33-18-25(23-5-1-3-7-31(23)44-33)37(48)43-22-11-14-36(47(50)51)35(17-22)46-38(49)26-19-34(21-10-13-28(40)30(42)16-21)45-32-8-4-2-6-24(26)32/h1-19H,(H,43,48)(H,46,49). The number of rotatable bonds is 7. The third kappa shape index (κ3) is 6.93. The first kappa shape index (κ1) is 33.9. The molecule has 0 atom stereocenters. The summed E-state index contributed by atoms with van der Waals surface area (Å²) in [5, 5.41) is 20.1. The van der Waals surface area contributed by atoms with Gasteiger partial charge in [-0.1, -0.05) is 94.9 Å². The van der Waals surface area contributed by atoms with Crippen molar-refractivity contribution in [3.8, 4) is 22.5 Å². The smallest absolute Gasteiger partial charge is 0.292 e. The summed E-state index contributed by atoms with van der Waals surface area (Å²) < 4.78 is 0. The fraction of sp³-hybridized carbons (Fsp3) is 0. The van der Waals surface area contributed by atoms with Crippen LogP contribution < -0.4 is 10.6 Å². The zero-order valence-electron chi connectivity index (χ0n) is 26.0. The number of aromatic nitrogens is 2. The molecule has 9 nitrogen and oxygen atoms in total. The summed E-state index contributed by atoms with van der Waals surface area (Å²) in [5.41, 5.74) is 3.48. The van der Waals surface area contributed by atoms with Crippen LogP contribution in [0.3, 0.4) is 0 Å². The van der Waals surface area contributed by atoms with Crippen LogP contribution in [-0.4, -0.2) is 26.7 Å². The monoisotopic (exact) mass is 751 g/mol. The molecule has 2 aromatic heterocycles. The lowest BCUT2D eigenvalue weighted by Gasteiger charge is -2.13. The van der Waals surface area contributed by atoms with E-state index in [0.29, 0.717) is 70.0 Å². The number of nitro benzene ring substituents is 1. The molecule has 5 aromatic carbocycles. The number of nitro groups is 1. The number of pyridine rings is 2. The zero-order chi connectivity index (χ0) is 35.8. The van der Waals surface area contributed by atoms with E-state index in [1.807, 2.05) is 0 Å². The van der Waals surface area contributed by atoms with Gasteiger partial charge in [0.15, 0.2) is 0 Å². The van der Waals surface area contributed by atoms with Crippen LogP contribution in [0.15, 0.2) is 115 Å². The maximum absolute atomic E-state index is 13.9. The number of hydrogen-bond donors (Lipinski definition) is 2. The second kappa shape index (κ2) is 14.0. The van der Waals surface area contributed by atoms with Gasteiger partial charge < -0.3 is 10.6 Å². The second-order valence-electron chi connectivity index (χ2n) is 11.3. The van der Waals surface area contributed by atoms with Crippen molar-refractivity contribution in [3.63, 3.8) is 0 Å². The molecule has 2 N–H and O–H groups in total. The van der Waals surface area contributed by atoms with Gasteiger partial charge in [0.05, 0.1) is 58.6 Å². The molecular formula is C38H21Cl4N5O4. The van der Waals surface area contributed by atoms with E-state index >= 15 is 0 Å². The van der Waals surface area contributed by atoms with Crippen molar-refractivity contribution >= 4 is 97.1 Å². The second-order valence-corrected chi connectivity index (χ2v) is 12.9. The molecular weight excluding hydrogens is 732 g/mol. The minimum Gasteiger partial charge on any atom is -0.322 e. The number of nitrogens with zero attached hydrogens (tertiary/aromatic N) is 3. The van der Waals surface area contributed by atoms with Crippen molar-refractivity contribution < 1.29 is 14.5 Å². The van der Waals surface area contributed by atoms with Gasteiger partial charge in [0.2, 0.25) is 0 Å². The minimum atomic E-state index is -0.632. The van der Waals surface area contributed by atoms with Crippen molar-refractivity contribution in [3.05, 3.63) is 157 Å². The Morgan fingerprint density at radius 1 is 0.569 bits per heavy atom. The van der Waals surface area contributed by atoms with E-state index < -0.39 is 16.7 Å². The van der Waals surface area contributed by atoms with Gasteiger partial charge >= 0.3 is 0 Å². The Balaban J connectivity index is 1.24. The number of para-hydroxylation sites is 2. The fourth-order valence-corrected chi connectivity index (χ4v) is 6.19. The van der Waals surface area contributed by atoms with Crippen molar-refractivity contribution in [1.29, 1.82) is 0 Å². The molecule has 0 radical (unpaired) electrons. The van der Waals surface area contributed by atoms with Gasteiger partial charge in [-0.05, 0) is 60.7 Å². The minimum absolute atomic E-state index is 0.129. The van der Waals surface area contributed by atoms with Crippen molar-refractivity contribution in [2.24, 2.45) is 0 Å². The topological polar surface area (TPSA) is 127 Å². The van der Waals surface area contributed by atoms with Crippen LogP contribution in [0.2, 0.25) is 20.1 Å². The number of amides is 2. The summed E-state index contributed by atoms with van der Waals surface area (Å²) in [4.78, 5) is 48.6. The molecule has 250 valence electrons. The summed E-state index contributed by atoms with van der Waals surface area (Å²) in [7, 11) is 0. The third-order valence-corrected chi connectivity index (χ3v) is 9.53. The number of fused-ring (bicyclic) bond motifs is 2. The van der Waals surface area contributed by atoms with Crippen LogP contribution in [0, 0.1) is 10.1 Å². The summed E-state index contributed by atoms with van der Waals surface area (Å²) >= 11 is 24.8. The lowest BCUT2D eigenvalue weighted by molar-refractivity contribution is -0.383. The van der Waals surface area contributed by atoms with Gasteiger partial charge in [-0.15, -0.1) is 0 Å². The molecule has 13 heteroatoms. The Bertz CT molecular complexity index is 2580. The normalized spacial score (nSPS) is 11.1. The maximum Gasteiger partial charge on any atom is 0.292 e. The highest BCUT2D eigenvalue weighted by Gasteiger charge is 2.22. The molecule has 2 heterocycles. The zero-order valence-corrected chi connectivity index (χ0v) is 29.0. The SMILES string of the molecule is O=C(Nc1ccc([N+](=O)[O-])c(NC(=O)c2cc(-c3ccc(Cl)c(Cl)c3)nc3ccccc23)c1)c1cc(-c2ccc(Cl)c(Cl)c2)nc2ccccc12. The van der Waals surface area contributed by atoms with Gasteiger partial charge in [-0.2, -0.15) is 0 Å². The van der Waals surface area contributed by atoms with Crippen LogP contribution in [0.25, 0.3) is 44.3 Å². The Kier molecular flexibility index (Phi) is 9.29. The first-order chi connectivity index (χ1) is 24.5. The Hall–Kier alpha value is -5.58. The molecule has 0 saturated carbocycles. The van der Waals surface area contributed by atoms with E-state index in [4.69, 9.17) is 51.4 Å². The number of hydrogen-bond acceptors (Lipinski definition) is 6. The Morgan fingerprint density at radius 3 is 1.55 bits per heavy atom. The molecule has 0 spiro atoms. The average Bonchev–Trinajstić information content (AvgIpc) is 3.12. The van der Waals surface area contributed by atoms with Crippen LogP contribution >= 0.6 is 46.4 Å². The fourth-order valence-electron chi connectivity index (χ4n) is 5.59. The molecule has 7 rings (SSSR count). The number of benzene rings is 5. The van der Waals surface area contributed by atoms with Crippen LogP contribution in [-0.2, 0) is 0 Å². The molecule has 7 aromatic rings. The van der Waals surface area contributed by atoms with E-state index in [2.05, 4.69) is 15.6 Å².